The molecule has 0 radical (unpaired) electrons. The topological polar surface area (TPSA) is 42.0 Å². The van der Waals surface area contributed by atoms with E-state index in [0.717, 1.165) is 13.8 Å². The summed E-state index contributed by atoms with van der Waals surface area (Å²) in [5.74, 6) is -0.168. The molecule has 0 saturated carbocycles. The van der Waals surface area contributed by atoms with Gasteiger partial charge in [-0.3, -0.25) is 10.1 Å². The third-order valence-electron chi connectivity index (χ3n) is 2.68. The van der Waals surface area contributed by atoms with Crippen molar-refractivity contribution < 1.29 is 4.79 Å². The van der Waals surface area contributed by atoms with E-state index in [1.54, 1.807) is 12.1 Å². The lowest BCUT2D eigenvalue weighted by atomic mass is 10.2. The van der Waals surface area contributed by atoms with Gasteiger partial charge in [-0.2, -0.15) is 0 Å². The molecule has 0 spiro atoms. The van der Waals surface area contributed by atoms with E-state index < -0.39 is 0 Å². The van der Waals surface area contributed by atoms with Gasteiger partial charge in [0, 0.05) is 9.13 Å². The minimum absolute atomic E-state index is 0.168. The van der Waals surface area contributed by atoms with Gasteiger partial charge in [-0.05, 0) is 52.9 Å². The number of hydrogen-bond donors (Lipinski definition) is 1. The number of aromatic nitrogens is 1. The molecular weight excluding hydrogens is 407 g/mol. The van der Waals surface area contributed by atoms with Crippen molar-refractivity contribution in [3.8, 4) is 0 Å². The molecule has 3 aromatic rings. The van der Waals surface area contributed by atoms with Crippen molar-refractivity contribution in [3.05, 3.63) is 56.6 Å². The minimum Gasteiger partial charge on any atom is -0.298 e. The standard InChI is InChI=1S/C14H8ClIN2OS/c15-10-5-2-6-11-12(10)17-14(20-11)18-13(19)8-3-1-4-9(16)7-8/h1-7H,(H,17,18,19). The van der Waals surface area contributed by atoms with Gasteiger partial charge in [0.2, 0.25) is 0 Å². The van der Waals surface area contributed by atoms with Crippen LogP contribution in [0.3, 0.4) is 0 Å². The van der Waals surface area contributed by atoms with Crippen molar-refractivity contribution in [2.75, 3.05) is 5.32 Å². The molecule has 1 amide bonds. The molecule has 2 aromatic carbocycles. The summed E-state index contributed by atoms with van der Waals surface area (Å²) in [4.78, 5) is 16.5. The molecule has 0 atom stereocenters. The summed E-state index contributed by atoms with van der Waals surface area (Å²) in [5.41, 5.74) is 1.33. The number of rotatable bonds is 2. The third kappa shape index (κ3) is 2.79. The fourth-order valence-corrected chi connectivity index (χ4v) is 3.47. The number of nitrogens with one attached hydrogen (secondary N) is 1. The lowest BCUT2D eigenvalue weighted by Gasteiger charge is -2.01. The van der Waals surface area contributed by atoms with E-state index in [0.29, 0.717) is 15.7 Å². The van der Waals surface area contributed by atoms with Gasteiger partial charge in [-0.25, -0.2) is 4.98 Å². The Balaban J connectivity index is 1.89. The molecule has 0 fully saturated rings. The van der Waals surface area contributed by atoms with Gasteiger partial charge in [0.05, 0.1) is 9.72 Å². The molecule has 0 saturated heterocycles. The molecule has 1 N–H and O–H groups in total. The molecule has 0 unspecified atom stereocenters. The smallest absolute Gasteiger partial charge is 0.257 e. The van der Waals surface area contributed by atoms with Crippen LogP contribution in [0.5, 0.6) is 0 Å². The number of para-hydroxylation sites is 1. The maximum absolute atomic E-state index is 12.1. The van der Waals surface area contributed by atoms with Gasteiger partial charge in [0.25, 0.3) is 5.91 Å². The van der Waals surface area contributed by atoms with Crippen LogP contribution < -0.4 is 5.32 Å². The number of carbonyl (C=O) groups is 1. The first-order chi connectivity index (χ1) is 9.63. The average molecular weight is 415 g/mol. The molecule has 0 aliphatic rings. The second kappa shape index (κ2) is 5.67. The molecule has 6 heteroatoms. The molecule has 3 nitrogen and oxygen atoms in total. The van der Waals surface area contributed by atoms with Crippen LogP contribution in [0.15, 0.2) is 42.5 Å². The Hall–Kier alpha value is -1.18. The lowest BCUT2D eigenvalue weighted by Crippen LogP contribution is -2.11. The average Bonchev–Trinajstić information content (AvgIpc) is 2.83. The molecule has 1 heterocycles. The van der Waals surface area contributed by atoms with Crippen molar-refractivity contribution >= 4 is 66.8 Å². The summed E-state index contributed by atoms with van der Waals surface area (Å²) < 4.78 is 1.97. The van der Waals surface area contributed by atoms with Crippen LogP contribution >= 0.6 is 45.5 Å². The zero-order valence-electron chi connectivity index (χ0n) is 10.1. The summed E-state index contributed by atoms with van der Waals surface area (Å²) in [7, 11) is 0. The predicted molar refractivity (Wildman–Crippen MR) is 91.7 cm³/mol. The Bertz CT molecular complexity index is 803. The predicted octanol–water partition coefficient (Wildman–Crippen LogP) is 4.81. The molecular formula is C14H8ClIN2OS. The van der Waals surface area contributed by atoms with Crippen LogP contribution in [0.2, 0.25) is 5.02 Å². The van der Waals surface area contributed by atoms with Crippen LogP contribution in [0, 0.1) is 3.57 Å². The van der Waals surface area contributed by atoms with Crippen molar-refractivity contribution in [1.29, 1.82) is 0 Å². The molecule has 1 aromatic heterocycles. The van der Waals surface area contributed by atoms with Crippen LogP contribution in [0.4, 0.5) is 5.13 Å². The Kier molecular flexibility index (Phi) is 3.91. The second-order valence-electron chi connectivity index (χ2n) is 4.07. The molecule has 0 bridgehead atoms. The monoisotopic (exact) mass is 414 g/mol. The Morgan fingerprint density at radius 3 is 2.80 bits per heavy atom. The molecule has 3 rings (SSSR count). The Morgan fingerprint density at radius 1 is 1.25 bits per heavy atom. The van der Waals surface area contributed by atoms with E-state index in [-0.39, 0.29) is 5.91 Å². The number of fused-ring (bicyclic) bond motifs is 1. The summed E-state index contributed by atoms with van der Waals surface area (Å²) in [5, 5.41) is 3.95. The van der Waals surface area contributed by atoms with E-state index in [9.17, 15) is 4.79 Å². The molecule has 0 aliphatic carbocycles. The van der Waals surface area contributed by atoms with Gasteiger partial charge >= 0.3 is 0 Å². The zero-order valence-corrected chi connectivity index (χ0v) is 13.8. The van der Waals surface area contributed by atoms with Crippen molar-refractivity contribution in [2.45, 2.75) is 0 Å². The number of nitrogens with zero attached hydrogens (tertiary/aromatic N) is 1. The highest BCUT2D eigenvalue weighted by atomic mass is 127. The quantitative estimate of drug-likeness (QED) is 0.612. The molecule has 0 aliphatic heterocycles. The number of carbonyl (C=O) groups excluding carboxylic acids is 1. The van der Waals surface area contributed by atoms with Gasteiger partial charge in [0.15, 0.2) is 5.13 Å². The number of hydrogen-bond acceptors (Lipinski definition) is 3. The zero-order chi connectivity index (χ0) is 14.1. The first-order valence-electron chi connectivity index (χ1n) is 5.75. The second-order valence-corrected chi connectivity index (χ2v) is 6.75. The normalized spacial score (nSPS) is 10.7. The summed E-state index contributed by atoms with van der Waals surface area (Å²) in [6.07, 6.45) is 0. The maximum Gasteiger partial charge on any atom is 0.257 e. The number of thiazole rings is 1. The van der Waals surface area contributed by atoms with Gasteiger partial charge < -0.3 is 0 Å². The van der Waals surface area contributed by atoms with Crippen molar-refractivity contribution in [2.24, 2.45) is 0 Å². The Morgan fingerprint density at radius 2 is 2.05 bits per heavy atom. The van der Waals surface area contributed by atoms with Crippen LogP contribution in [-0.4, -0.2) is 10.9 Å². The fraction of sp³-hybridized carbons (Fsp3) is 0. The Labute approximate surface area is 138 Å². The molecule has 100 valence electrons. The van der Waals surface area contributed by atoms with Crippen molar-refractivity contribution in [3.63, 3.8) is 0 Å². The summed E-state index contributed by atoms with van der Waals surface area (Å²) in [6.45, 7) is 0. The first-order valence-corrected chi connectivity index (χ1v) is 8.03. The van der Waals surface area contributed by atoms with Gasteiger partial charge in [0.1, 0.15) is 5.52 Å². The van der Waals surface area contributed by atoms with Crippen LogP contribution in [-0.2, 0) is 0 Å². The summed E-state index contributed by atoms with van der Waals surface area (Å²) >= 11 is 9.66. The third-order valence-corrected chi connectivity index (χ3v) is 4.59. The fourth-order valence-electron chi connectivity index (χ4n) is 1.77. The highest BCUT2D eigenvalue weighted by Crippen LogP contribution is 2.30. The SMILES string of the molecule is O=C(Nc1nc2c(Cl)cccc2s1)c1cccc(I)c1. The van der Waals surface area contributed by atoms with Gasteiger partial charge in [-0.1, -0.05) is 35.1 Å². The van der Waals surface area contributed by atoms with E-state index in [1.165, 1.54) is 11.3 Å². The van der Waals surface area contributed by atoms with E-state index in [1.807, 2.05) is 30.3 Å². The number of benzene rings is 2. The van der Waals surface area contributed by atoms with Crippen molar-refractivity contribution in [1.82, 2.24) is 4.98 Å². The van der Waals surface area contributed by atoms with Crippen LogP contribution in [0.1, 0.15) is 10.4 Å². The van der Waals surface area contributed by atoms with Gasteiger partial charge in [-0.15, -0.1) is 0 Å². The lowest BCUT2D eigenvalue weighted by molar-refractivity contribution is 0.102. The van der Waals surface area contributed by atoms with E-state index >= 15 is 0 Å². The highest BCUT2D eigenvalue weighted by Gasteiger charge is 2.11. The number of amides is 1. The highest BCUT2D eigenvalue weighted by molar-refractivity contribution is 14.1. The largest absolute Gasteiger partial charge is 0.298 e. The number of anilines is 1. The molecule has 20 heavy (non-hydrogen) atoms. The van der Waals surface area contributed by atoms with E-state index in [4.69, 9.17) is 11.6 Å². The number of halogens is 2. The maximum atomic E-state index is 12.1. The minimum atomic E-state index is -0.168. The first kappa shape index (κ1) is 13.8. The summed E-state index contributed by atoms with van der Waals surface area (Å²) in [6, 6.07) is 13.0. The van der Waals surface area contributed by atoms with E-state index in [2.05, 4.69) is 32.9 Å². The van der Waals surface area contributed by atoms with Crippen LogP contribution in [0.25, 0.3) is 10.2 Å².